The lowest BCUT2D eigenvalue weighted by Crippen LogP contribution is -2.34. The van der Waals surface area contributed by atoms with E-state index in [1.165, 1.54) is 22.9 Å². The van der Waals surface area contributed by atoms with Crippen molar-refractivity contribution < 1.29 is 23.6 Å². The normalized spacial score (nSPS) is 14.6. The van der Waals surface area contributed by atoms with Crippen molar-refractivity contribution in [3.8, 4) is 17.1 Å². The Labute approximate surface area is 166 Å². The van der Waals surface area contributed by atoms with Crippen LogP contribution in [-0.2, 0) is 13.7 Å². The summed E-state index contributed by atoms with van der Waals surface area (Å²) in [5.74, 6) is 0.188. The molecule has 1 aromatic carbocycles. The van der Waals surface area contributed by atoms with Crippen molar-refractivity contribution in [3.63, 3.8) is 0 Å². The van der Waals surface area contributed by atoms with Gasteiger partial charge < -0.3 is 19.7 Å². The summed E-state index contributed by atoms with van der Waals surface area (Å²) in [5.41, 5.74) is 1.54. The number of aryl methyl sites for hydroxylation is 2. The zero-order valence-corrected chi connectivity index (χ0v) is 16.1. The molecule has 1 fully saturated rings. The predicted molar refractivity (Wildman–Crippen MR) is 101 cm³/mol. The standard InChI is InChI=1S/C20H21FN4O4/c1-12-15(18(24-29-12)13-3-5-14(21)6-4-13)10-28-17-9-16(25(2)23-17)19(26)22-11-20(27)7-8-20/h3-6,9,27H,7-8,10-11H2,1-2H3,(H,22,26). The van der Waals surface area contributed by atoms with E-state index < -0.39 is 5.60 Å². The van der Waals surface area contributed by atoms with E-state index in [1.807, 2.05) is 0 Å². The van der Waals surface area contributed by atoms with Crippen LogP contribution in [0.3, 0.4) is 0 Å². The topological polar surface area (TPSA) is 102 Å². The van der Waals surface area contributed by atoms with Crippen molar-refractivity contribution in [3.05, 3.63) is 53.2 Å². The van der Waals surface area contributed by atoms with E-state index in [9.17, 15) is 14.3 Å². The van der Waals surface area contributed by atoms with Crippen LogP contribution in [0.25, 0.3) is 11.3 Å². The Kier molecular flexibility index (Phi) is 4.83. The van der Waals surface area contributed by atoms with E-state index in [0.29, 0.717) is 41.1 Å². The third-order valence-electron chi connectivity index (χ3n) is 4.96. The van der Waals surface area contributed by atoms with E-state index in [-0.39, 0.29) is 30.8 Å². The molecule has 9 heteroatoms. The SMILES string of the molecule is Cc1onc(-c2ccc(F)cc2)c1COc1cc(C(=O)NCC2(O)CC2)n(C)n1. The third-order valence-corrected chi connectivity index (χ3v) is 4.96. The number of aromatic nitrogens is 3. The molecule has 0 bridgehead atoms. The van der Waals surface area contributed by atoms with E-state index in [4.69, 9.17) is 9.26 Å². The fourth-order valence-corrected chi connectivity index (χ4v) is 2.92. The van der Waals surface area contributed by atoms with Gasteiger partial charge in [-0.15, -0.1) is 5.10 Å². The molecule has 2 heterocycles. The number of carbonyl (C=O) groups excluding carboxylic acids is 1. The van der Waals surface area contributed by atoms with Gasteiger partial charge in [0.05, 0.1) is 11.2 Å². The van der Waals surface area contributed by atoms with E-state index in [2.05, 4.69) is 15.6 Å². The van der Waals surface area contributed by atoms with Gasteiger partial charge in [0.25, 0.3) is 5.91 Å². The number of aliphatic hydroxyl groups is 1. The van der Waals surface area contributed by atoms with Crippen LogP contribution in [0.15, 0.2) is 34.9 Å². The van der Waals surface area contributed by atoms with E-state index >= 15 is 0 Å². The van der Waals surface area contributed by atoms with Gasteiger partial charge in [0.1, 0.15) is 29.6 Å². The maximum absolute atomic E-state index is 13.2. The Hall–Kier alpha value is -3.20. The number of hydrogen-bond acceptors (Lipinski definition) is 6. The Balaban J connectivity index is 1.45. The molecule has 2 aromatic heterocycles. The number of rotatable bonds is 7. The molecule has 4 rings (SSSR count). The Morgan fingerprint density at radius 2 is 2.10 bits per heavy atom. The zero-order chi connectivity index (χ0) is 20.6. The molecule has 1 aliphatic rings. The van der Waals surface area contributed by atoms with Crippen LogP contribution >= 0.6 is 0 Å². The highest BCUT2D eigenvalue weighted by Gasteiger charge is 2.40. The second-order valence-corrected chi connectivity index (χ2v) is 7.26. The van der Waals surface area contributed by atoms with Crippen molar-refractivity contribution in [2.45, 2.75) is 32.0 Å². The fourth-order valence-electron chi connectivity index (χ4n) is 2.92. The van der Waals surface area contributed by atoms with Crippen molar-refractivity contribution in [2.24, 2.45) is 7.05 Å². The Morgan fingerprint density at radius 1 is 1.38 bits per heavy atom. The highest BCUT2D eigenvalue weighted by Crippen LogP contribution is 2.34. The number of halogens is 1. The van der Waals surface area contributed by atoms with Gasteiger partial charge in [-0.05, 0) is 44.0 Å². The molecular weight excluding hydrogens is 379 g/mol. The second kappa shape index (κ2) is 7.32. The molecule has 0 atom stereocenters. The molecule has 8 nitrogen and oxygen atoms in total. The first kappa shape index (κ1) is 19.1. The highest BCUT2D eigenvalue weighted by atomic mass is 19.1. The van der Waals surface area contributed by atoms with Crippen molar-refractivity contribution in [1.29, 1.82) is 0 Å². The number of nitrogens with one attached hydrogen (secondary N) is 1. The van der Waals surface area contributed by atoms with Gasteiger partial charge in [-0.2, -0.15) is 0 Å². The Morgan fingerprint density at radius 3 is 2.79 bits per heavy atom. The molecule has 0 aliphatic heterocycles. The summed E-state index contributed by atoms with van der Waals surface area (Å²) >= 11 is 0. The number of nitrogens with zero attached hydrogens (tertiary/aromatic N) is 3. The van der Waals surface area contributed by atoms with Gasteiger partial charge in [-0.3, -0.25) is 9.48 Å². The average Bonchev–Trinajstić information content (AvgIpc) is 3.14. The first-order chi connectivity index (χ1) is 13.8. The summed E-state index contributed by atoms with van der Waals surface area (Å²) < 4.78 is 25.6. The highest BCUT2D eigenvalue weighted by molar-refractivity contribution is 5.92. The number of carbonyl (C=O) groups is 1. The lowest BCUT2D eigenvalue weighted by molar-refractivity contribution is 0.0887. The van der Waals surface area contributed by atoms with Gasteiger partial charge in [-0.25, -0.2) is 4.39 Å². The maximum Gasteiger partial charge on any atom is 0.269 e. The number of ether oxygens (including phenoxy) is 1. The summed E-state index contributed by atoms with van der Waals surface area (Å²) in [6.07, 6.45) is 1.39. The van der Waals surface area contributed by atoms with Gasteiger partial charge >= 0.3 is 0 Å². The molecule has 1 amide bonds. The molecule has 3 aromatic rings. The van der Waals surface area contributed by atoms with Crippen LogP contribution in [0.1, 0.15) is 34.7 Å². The first-order valence-electron chi connectivity index (χ1n) is 9.23. The summed E-state index contributed by atoms with van der Waals surface area (Å²) in [7, 11) is 1.64. The molecule has 0 saturated heterocycles. The monoisotopic (exact) mass is 400 g/mol. The van der Waals surface area contributed by atoms with E-state index in [0.717, 1.165) is 0 Å². The van der Waals surface area contributed by atoms with Crippen LogP contribution < -0.4 is 10.1 Å². The van der Waals surface area contributed by atoms with Crippen LogP contribution in [0, 0.1) is 12.7 Å². The molecule has 1 aliphatic carbocycles. The molecule has 0 radical (unpaired) electrons. The lowest BCUT2D eigenvalue weighted by atomic mass is 10.1. The van der Waals surface area contributed by atoms with Gasteiger partial charge in [0.15, 0.2) is 0 Å². The molecule has 0 unspecified atom stereocenters. The average molecular weight is 400 g/mol. The molecule has 2 N–H and O–H groups in total. The van der Waals surface area contributed by atoms with E-state index in [1.54, 1.807) is 26.1 Å². The fraction of sp³-hybridized carbons (Fsp3) is 0.350. The zero-order valence-electron chi connectivity index (χ0n) is 16.1. The molecule has 29 heavy (non-hydrogen) atoms. The Bertz CT molecular complexity index is 1040. The molecule has 152 valence electrons. The quantitative estimate of drug-likeness (QED) is 0.631. The number of benzene rings is 1. The largest absolute Gasteiger partial charge is 0.471 e. The maximum atomic E-state index is 13.2. The van der Waals surface area contributed by atoms with Gasteiger partial charge in [0, 0.05) is 25.2 Å². The molecular formula is C20H21FN4O4. The van der Waals surface area contributed by atoms with Crippen molar-refractivity contribution >= 4 is 5.91 Å². The van der Waals surface area contributed by atoms with Crippen molar-refractivity contribution in [2.75, 3.05) is 6.54 Å². The third kappa shape index (κ3) is 4.14. The van der Waals surface area contributed by atoms with Crippen LogP contribution in [0.2, 0.25) is 0 Å². The summed E-state index contributed by atoms with van der Waals surface area (Å²) in [4.78, 5) is 12.3. The first-order valence-corrected chi connectivity index (χ1v) is 9.23. The second-order valence-electron chi connectivity index (χ2n) is 7.26. The van der Waals surface area contributed by atoms with Crippen LogP contribution in [0.4, 0.5) is 4.39 Å². The predicted octanol–water partition coefficient (Wildman–Crippen LogP) is 2.36. The van der Waals surface area contributed by atoms with Crippen LogP contribution in [-0.4, -0.2) is 38.1 Å². The van der Waals surface area contributed by atoms with Crippen molar-refractivity contribution in [1.82, 2.24) is 20.3 Å². The summed E-state index contributed by atoms with van der Waals surface area (Å²) in [6, 6.07) is 7.48. The molecule has 0 spiro atoms. The minimum absolute atomic E-state index is 0.125. The molecule has 1 saturated carbocycles. The van der Waals surface area contributed by atoms with Gasteiger partial charge in [0.2, 0.25) is 5.88 Å². The minimum Gasteiger partial charge on any atom is -0.471 e. The summed E-state index contributed by atoms with van der Waals surface area (Å²) in [6.45, 7) is 2.10. The smallest absolute Gasteiger partial charge is 0.269 e. The lowest BCUT2D eigenvalue weighted by Gasteiger charge is -2.08. The van der Waals surface area contributed by atoms with Crippen LogP contribution in [0.5, 0.6) is 5.88 Å². The van der Waals surface area contributed by atoms with Gasteiger partial charge in [-0.1, -0.05) is 5.16 Å². The number of hydrogen-bond donors (Lipinski definition) is 2. The number of amides is 1. The minimum atomic E-state index is -0.768. The summed E-state index contributed by atoms with van der Waals surface area (Å²) in [5, 5.41) is 20.8.